The van der Waals surface area contributed by atoms with Crippen molar-refractivity contribution in [2.75, 3.05) is 37.8 Å². The molecule has 1 aromatic carbocycles. The van der Waals surface area contributed by atoms with E-state index in [1.807, 2.05) is 12.1 Å². The number of piperidine rings is 1. The van der Waals surface area contributed by atoms with Gasteiger partial charge in [0.2, 0.25) is 0 Å². The monoisotopic (exact) mass is 261 g/mol. The zero-order valence-corrected chi connectivity index (χ0v) is 12.0. The predicted molar refractivity (Wildman–Crippen MR) is 79.5 cm³/mol. The molecule has 4 heteroatoms. The molecule has 1 aliphatic heterocycles. The van der Waals surface area contributed by atoms with Gasteiger partial charge in [0.25, 0.3) is 5.91 Å². The molecule has 1 aromatic rings. The van der Waals surface area contributed by atoms with E-state index < -0.39 is 0 Å². The third-order valence-corrected chi connectivity index (χ3v) is 3.66. The molecule has 1 amide bonds. The van der Waals surface area contributed by atoms with E-state index >= 15 is 0 Å². The van der Waals surface area contributed by atoms with Crippen molar-refractivity contribution < 1.29 is 4.79 Å². The number of benzene rings is 1. The van der Waals surface area contributed by atoms with Crippen molar-refractivity contribution >= 4 is 17.3 Å². The first-order chi connectivity index (χ1) is 8.99. The van der Waals surface area contributed by atoms with Crippen LogP contribution in [0.2, 0.25) is 0 Å². The van der Waals surface area contributed by atoms with Gasteiger partial charge in [0.1, 0.15) is 0 Å². The number of nitrogen functional groups attached to an aromatic ring is 1. The molecule has 104 valence electrons. The number of nitrogens with zero attached hydrogens (tertiary/aromatic N) is 2. The third kappa shape index (κ3) is 3.00. The highest BCUT2D eigenvalue weighted by Gasteiger charge is 2.22. The fourth-order valence-corrected chi connectivity index (χ4v) is 2.64. The Labute approximate surface area is 115 Å². The van der Waals surface area contributed by atoms with Crippen molar-refractivity contribution in [1.82, 2.24) is 4.90 Å². The van der Waals surface area contributed by atoms with E-state index in [1.54, 1.807) is 25.1 Å². The number of nitrogens with two attached hydrogens (primary N) is 1. The molecule has 2 N–H and O–H groups in total. The summed E-state index contributed by atoms with van der Waals surface area (Å²) >= 11 is 0. The third-order valence-electron chi connectivity index (χ3n) is 3.66. The second-order valence-corrected chi connectivity index (χ2v) is 5.67. The molecule has 1 fully saturated rings. The van der Waals surface area contributed by atoms with Gasteiger partial charge in [0.05, 0.1) is 11.3 Å². The minimum atomic E-state index is 0.0354. The number of hydrogen-bond acceptors (Lipinski definition) is 3. The van der Waals surface area contributed by atoms with Gasteiger partial charge in [0, 0.05) is 32.9 Å². The molecule has 2 rings (SSSR count). The zero-order chi connectivity index (χ0) is 14.0. The lowest BCUT2D eigenvalue weighted by Crippen LogP contribution is -2.36. The predicted octanol–water partition coefficient (Wildman–Crippen LogP) is 2.21. The van der Waals surface area contributed by atoms with E-state index in [0.717, 1.165) is 24.3 Å². The van der Waals surface area contributed by atoms with Gasteiger partial charge in [0.15, 0.2) is 0 Å². The van der Waals surface area contributed by atoms with Crippen LogP contribution in [0, 0.1) is 5.92 Å². The summed E-state index contributed by atoms with van der Waals surface area (Å²) in [7, 11) is 3.56. The average molecular weight is 261 g/mol. The maximum Gasteiger partial charge on any atom is 0.255 e. The van der Waals surface area contributed by atoms with Crippen LogP contribution in [0.5, 0.6) is 0 Å². The number of carbonyl (C=O) groups is 1. The van der Waals surface area contributed by atoms with Gasteiger partial charge in [-0.2, -0.15) is 0 Å². The van der Waals surface area contributed by atoms with Crippen LogP contribution < -0.4 is 10.6 Å². The van der Waals surface area contributed by atoms with Crippen molar-refractivity contribution in [2.45, 2.75) is 19.8 Å². The second-order valence-electron chi connectivity index (χ2n) is 5.67. The summed E-state index contributed by atoms with van der Waals surface area (Å²) in [4.78, 5) is 16.2. The van der Waals surface area contributed by atoms with E-state index in [9.17, 15) is 4.79 Å². The van der Waals surface area contributed by atoms with Crippen molar-refractivity contribution in [3.05, 3.63) is 23.8 Å². The molecule has 1 unspecified atom stereocenters. The molecule has 1 saturated heterocycles. The van der Waals surface area contributed by atoms with Crippen LogP contribution in [0.4, 0.5) is 11.4 Å². The lowest BCUT2D eigenvalue weighted by atomic mass is 9.98. The maximum absolute atomic E-state index is 12.3. The van der Waals surface area contributed by atoms with Gasteiger partial charge in [-0.15, -0.1) is 0 Å². The smallest absolute Gasteiger partial charge is 0.255 e. The molecule has 0 aromatic heterocycles. The van der Waals surface area contributed by atoms with Gasteiger partial charge < -0.3 is 15.5 Å². The summed E-state index contributed by atoms with van der Waals surface area (Å²) in [5.74, 6) is 0.700. The molecule has 4 nitrogen and oxygen atoms in total. The van der Waals surface area contributed by atoms with Crippen LogP contribution in [-0.2, 0) is 0 Å². The van der Waals surface area contributed by atoms with Crippen molar-refractivity contribution in [2.24, 2.45) is 5.92 Å². The van der Waals surface area contributed by atoms with Crippen LogP contribution in [0.25, 0.3) is 0 Å². The number of hydrogen-bond donors (Lipinski definition) is 1. The Morgan fingerprint density at radius 2 is 2.16 bits per heavy atom. The standard InChI is InChI=1S/C15H23N3O/c1-11-5-4-8-18(10-11)14-9-12(16)6-7-13(14)15(19)17(2)3/h6-7,9,11H,4-5,8,10,16H2,1-3H3. The van der Waals surface area contributed by atoms with Crippen LogP contribution in [0.1, 0.15) is 30.1 Å². The summed E-state index contributed by atoms with van der Waals surface area (Å²) in [6.07, 6.45) is 2.43. The van der Waals surface area contributed by atoms with Gasteiger partial charge in [-0.05, 0) is 37.0 Å². The Kier molecular flexibility index (Phi) is 3.98. The lowest BCUT2D eigenvalue weighted by Gasteiger charge is -2.34. The molecule has 0 bridgehead atoms. The first-order valence-corrected chi connectivity index (χ1v) is 6.85. The SMILES string of the molecule is CC1CCCN(c2cc(N)ccc2C(=O)N(C)C)C1. The molecule has 1 aliphatic rings. The Balaban J connectivity index is 2.36. The Morgan fingerprint density at radius 3 is 2.79 bits per heavy atom. The van der Waals surface area contributed by atoms with Crippen LogP contribution >= 0.6 is 0 Å². The van der Waals surface area contributed by atoms with Crippen LogP contribution in [0.3, 0.4) is 0 Å². The number of rotatable bonds is 2. The quantitative estimate of drug-likeness (QED) is 0.830. The number of anilines is 2. The first-order valence-electron chi connectivity index (χ1n) is 6.85. The molecule has 0 spiro atoms. The lowest BCUT2D eigenvalue weighted by molar-refractivity contribution is 0.0828. The Bertz CT molecular complexity index is 470. The van der Waals surface area contributed by atoms with Crippen LogP contribution in [0.15, 0.2) is 18.2 Å². The molecule has 0 aliphatic carbocycles. The highest BCUT2D eigenvalue weighted by molar-refractivity contribution is 6.00. The molecule has 0 saturated carbocycles. The van der Waals surface area contributed by atoms with Crippen molar-refractivity contribution in [1.29, 1.82) is 0 Å². The highest BCUT2D eigenvalue weighted by atomic mass is 16.2. The van der Waals surface area contributed by atoms with Crippen molar-refractivity contribution in [3.63, 3.8) is 0 Å². The zero-order valence-electron chi connectivity index (χ0n) is 12.0. The summed E-state index contributed by atoms with van der Waals surface area (Å²) in [5.41, 5.74) is 8.33. The minimum Gasteiger partial charge on any atom is -0.399 e. The molecule has 0 radical (unpaired) electrons. The van der Waals surface area contributed by atoms with Gasteiger partial charge in [-0.1, -0.05) is 6.92 Å². The molecule has 19 heavy (non-hydrogen) atoms. The Morgan fingerprint density at radius 1 is 1.42 bits per heavy atom. The molecule has 1 atom stereocenters. The van der Waals surface area contributed by atoms with Gasteiger partial charge in [-0.3, -0.25) is 4.79 Å². The summed E-state index contributed by atoms with van der Waals surface area (Å²) in [5, 5.41) is 0. The molecule has 1 heterocycles. The fraction of sp³-hybridized carbons (Fsp3) is 0.533. The van der Waals surface area contributed by atoms with E-state index in [2.05, 4.69) is 11.8 Å². The second kappa shape index (κ2) is 5.51. The molecular formula is C15H23N3O. The van der Waals surface area contributed by atoms with E-state index in [-0.39, 0.29) is 5.91 Å². The average Bonchev–Trinajstić information content (AvgIpc) is 2.37. The topological polar surface area (TPSA) is 49.6 Å². The number of carbonyl (C=O) groups excluding carboxylic acids is 1. The first kappa shape index (κ1) is 13.7. The molecular weight excluding hydrogens is 238 g/mol. The normalized spacial score (nSPS) is 19.3. The van der Waals surface area contributed by atoms with E-state index in [0.29, 0.717) is 11.6 Å². The fourth-order valence-electron chi connectivity index (χ4n) is 2.64. The highest BCUT2D eigenvalue weighted by Crippen LogP contribution is 2.28. The summed E-state index contributed by atoms with van der Waals surface area (Å²) in [6.45, 7) is 4.25. The van der Waals surface area contributed by atoms with Gasteiger partial charge >= 0.3 is 0 Å². The van der Waals surface area contributed by atoms with Crippen LogP contribution in [-0.4, -0.2) is 38.0 Å². The van der Waals surface area contributed by atoms with E-state index in [4.69, 9.17) is 5.73 Å². The summed E-state index contributed by atoms with van der Waals surface area (Å²) < 4.78 is 0. The van der Waals surface area contributed by atoms with Crippen molar-refractivity contribution in [3.8, 4) is 0 Å². The van der Waals surface area contributed by atoms with E-state index in [1.165, 1.54) is 12.8 Å². The minimum absolute atomic E-state index is 0.0354. The largest absolute Gasteiger partial charge is 0.399 e. The Hall–Kier alpha value is -1.71. The number of amides is 1. The summed E-state index contributed by atoms with van der Waals surface area (Å²) in [6, 6.07) is 5.56. The van der Waals surface area contributed by atoms with Gasteiger partial charge in [-0.25, -0.2) is 0 Å². The maximum atomic E-state index is 12.3.